The van der Waals surface area contributed by atoms with Gasteiger partial charge in [-0.3, -0.25) is 4.72 Å². The van der Waals surface area contributed by atoms with E-state index in [1.807, 2.05) is 47.8 Å². The average Bonchev–Trinajstić information content (AvgIpc) is 3.50. The Morgan fingerprint density at radius 2 is 1.45 bits per heavy atom. The zero-order valence-electron chi connectivity index (χ0n) is 17.6. The molecule has 33 heavy (non-hydrogen) atoms. The summed E-state index contributed by atoms with van der Waals surface area (Å²) in [4.78, 5) is 9.13. The van der Waals surface area contributed by atoms with Gasteiger partial charge in [-0.15, -0.1) is 11.3 Å². The van der Waals surface area contributed by atoms with Gasteiger partial charge in [0.05, 0.1) is 10.6 Å². The van der Waals surface area contributed by atoms with Crippen molar-refractivity contribution in [3.63, 3.8) is 0 Å². The number of aryl methyl sites for hydroxylation is 1. The van der Waals surface area contributed by atoms with Crippen LogP contribution in [0.1, 0.15) is 5.89 Å². The Kier molecular flexibility index (Phi) is 5.53. The Bertz CT molecular complexity index is 1490. The van der Waals surface area contributed by atoms with Crippen LogP contribution in [0.15, 0.2) is 99.8 Å². The van der Waals surface area contributed by atoms with Crippen LogP contribution in [-0.4, -0.2) is 18.4 Å². The summed E-state index contributed by atoms with van der Waals surface area (Å²) in [6.45, 7) is 1.76. The predicted molar refractivity (Wildman–Crippen MR) is 130 cm³/mol. The van der Waals surface area contributed by atoms with Crippen molar-refractivity contribution >= 4 is 27.0 Å². The van der Waals surface area contributed by atoms with Crippen molar-refractivity contribution in [2.24, 2.45) is 0 Å². The fourth-order valence-corrected chi connectivity index (χ4v) is 5.24. The number of nitrogens with zero attached hydrogens (tertiary/aromatic N) is 2. The van der Waals surface area contributed by atoms with E-state index >= 15 is 0 Å². The quantitative estimate of drug-likeness (QED) is 0.315. The summed E-state index contributed by atoms with van der Waals surface area (Å²) in [6, 6.07) is 23.7. The van der Waals surface area contributed by atoms with Gasteiger partial charge in [-0.05, 0) is 24.3 Å². The highest BCUT2D eigenvalue weighted by Crippen LogP contribution is 2.30. The van der Waals surface area contributed by atoms with Gasteiger partial charge in [0, 0.05) is 34.7 Å². The van der Waals surface area contributed by atoms with Crippen LogP contribution in [-0.2, 0) is 10.0 Å². The molecule has 5 aromatic rings. The smallest absolute Gasteiger partial charge is 0.261 e. The van der Waals surface area contributed by atoms with E-state index in [0.717, 1.165) is 27.4 Å². The summed E-state index contributed by atoms with van der Waals surface area (Å²) >= 11 is 1.58. The molecule has 3 aromatic carbocycles. The summed E-state index contributed by atoms with van der Waals surface area (Å²) in [6.07, 6.45) is 1.55. The first-order valence-corrected chi connectivity index (χ1v) is 12.5. The second kappa shape index (κ2) is 8.65. The lowest BCUT2D eigenvalue weighted by Crippen LogP contribution is -2.12. The Labute approximate surface area is 195 Å². The van der Waals surface area contributed by atoms with E-state index in [2.05, 4.69) is 9.71 Å². The molecule has 0 aliphatic heterocycles. The molecule has 0 aliphatic carbocycles. The number of anilines is 1. The second-order valence-corrected chi connectivity index (χ2v) is 9.90. The summed E-state index contributed by atoms with van der Waals surface area (Å²) in [7, 11) is -3.72. The van der Waals surface area contributed by atoms with Crippen LogP contribution in [0, 0.1) is 6.92 Å². The van der Waals surface area contributed by atoms with Gasteiger partial charge in [-0.1, -0.05) is 54.6 Å². The van der Waals surface area contributed by atoms with Gasteiger partial charge < -0.3 is 4.42 Å². The lowest BCUT2D eigenvalue weighted by molar-refractivity contribution is 0.521. The van der Waals surface area contributed by atoms with E-state index in [1.54, 1.807) is 60.9 Å². The van der Waals surface area contributed by atoms with Crippen molar-refractivity contribution in [3.8, 4) is 33.1 Å². The molecule has 0 amide bonds. The van der Waals surface area contributed by atoms with E-state index in [4.69, 9.17) is 9.40 Å². The fourth-order valence-electron chi connectivity index (χ4n) is 3.34. The lowest BCUT2D eigenvalue weighted by atomic mass is 10.1. The number of rotatable bonds is 6. The van der Waals surface area contributed by atoms with Crippen molar-refractivity contribution in [1.29, 1.82) is 0 Å². The van der Waals surface area contributed by atoms with Crippen LogP contribution < -0.4 is 4.72 Å². The molecule has 0 atom stereocenters. The molecule has 0 saturated heterocycles. The third-order valence-electron chi connectivity index (χ3n) is 5.04. The number of sulfonamides is 1. The maximum absolute atomic E-state index is 12.8. The minimum absolute atomic E-state index is 0.169. The van der Waals surface area contributed by atoms with Crippen LogP contribution in [0.5, 0.6) is 0 Å². The van der Waals surface area contributed by atoms with Crippen LogP contribution in [0.3, 0.4) is 0 Å². The molecular formula is C25H19N3O3S2. The highest BCUT2D eigenvalue weighted by molar-refractivity contribution is 7.92. The maximum Gasteiger partial charge on any atom is 0.261 e. The van der Waals surface area contributed by atoms with E-state index < -0.39 is 10.0 Å². The number of aromatic nitrogens is 2. The highest BCUT2D eigenvalue weighted by Gasteiger charge is 2.15. The van der Waals surface area contributed by atoms with E-state index in [1.165, 1.54) is 0 Å². The molecule has 0 radical (unpaired) electrons. The molecule has 0 saturated carbocycles. The molecule has 0 bridgehead atoms. The molecule has 0 aliphatic rings. The third-order valence-corrected chi connectivity index (χ3v) is 7.33. The SMILES string of the molecule is Cc1nc(-c2ccc(S(=O)(=O)Nc3ccc(-c4csc(-c5ccccc5)n4)cc3)cc2)co1. The van der Waals surface area contributed by atoms with E-state index in [9.17, 15) is 8.42 Å². The van der Waals surface area contributed by atoms with Gasteiger partial charge in [0.1, 0.15) is 17.0 Å². The average molecular weight is 474 g/mol. The van der Waals surface area contributed by atoms with Crippen LogP contribution >= 0.6 is 11.3 Å². The Morgan fingerprint density at radius 3 is 2.12 bits per heavy atom. The number of nitrogens with one attached hydrogen (secondary N) is 1. The summed E-state index contributed by atoms with van der Waals surface area (Å²) in [5, 5.41) is 2.94. The summed E-state index contributed by atoms with van der Waals surface area (Å²) in [5.41, 5.74) is 4.78. The largest absolute Gasteiger partial charge is 0.449 e. The molecule has 0 spiro atoms. The van der Waals surface area contributed by atoms with Gasteiger partial charge >= 0.3 is 0 Å². The zero-order chi connectivity index (χ0) is 22.8. The molecule has 0 fully saturated rings. The molecule has 8 heteroatoms. The molecule has 164 valence electrons. The standard InChI is InChI=1S/C25H19N3O3S2/c1-17-26-23(15-31-17)18-9-13-22(14-10-18)33(29,30)28-21-11-7-19(8-12-21)24-16-32-25(27-24)20-5-3-2-4-6-20/h2-16,28H,1H3. The molecule has 1 N–H and O–H groups in total. The molecule has 2 aromatic heterocycles. The van der Waals surface area contributed by atoms with E-state index in [-0.39, 0.29) is 4.90 Å². The van der Waals surface area contributed by atoms with Gasteiger partial charge in [-0.25, -0.2) is 18.4 Å². The Hall–Kier alpha value is -3.75. The number of benzene rings is 3. The fraction of sp³-hybridized carbons (Fsp3) is 0.0400. The predicted octanol–water partition coefficient (Wildman–Crippen LogP) is 6.24. The number of thiazole rings is 1. The highest BCUT2D eigenvalue weighted by atomic mass is 32.2. The molecule has 2 heterocycles. The van der Waals surface area contributed by atoms with Crippen LogP contribution in [0.25, 0.3) is 33.1 Å². The van der Waals surface area contributed by atoms with Crippen molar-refractivity contribution in [2.45, 2.75) is 11.8 Å². The van der Waals surface area contributed by atoms with Gasteiger partial charge in [0.2, 0.25) is 0 Å². The second-order valence-electron chi connectivity index (χ2n) is 7.36. The number of hydrogen-bond acceptors (Lipinski definition) is 6. The first kappa shape index (κ1) is 21.1. The zero-order valence-corrected chi connectivity index (χ0v) is 19.2. The summed E-state index contributed by atoms with van der Waals surface area (Å²) < 4.78 is 33.5. The van der Waals surface area contributed by atoms with Crippen LogP contribution in [0.4, 0.5) is 5.69 Å². The van der Waals surface area contributed by atoms with Crippen molar-refractivity contribution in [2.75, 3.05) is 4.72 Å². The minimum atomic E-state index is -3.72. The topological polar surface area (TPSA) is 85.1 Å². The summed E-state index contributed by atoms with van der Waals surface area (Å²) in [5.74, 6) is 0.556. The van der Waals surface area contributed by atoms with E-state index in [0.29, 0.717) is 17.3 Å². The first-order chi connectivity index (χ1) is 16.0. The minimum Gasteiger partial charge on any atom is -0.449 e. The molecule has 0 unspecified atom stereocenters. The molecular weight excluding hydrogens is 454 g/mol. The number of oxazole rings is 1. The number of hydrogen-bond donors (Lipinski definition) is 1. The molecule has 5 rings (SSSR count). The van der Waals surface area contributed by atoms with Gasteiger partial charge in [0.25, 0.3) is 10.0 Å². The Balaban J connectivity index is 1.31. The Morgan fingerprint density at radius 1 is 0.788 bits per heavy atom. The normalized spacial score (nSPS) is 11.4. The van der Waals surface area contributed by atoms with Crippen molar-refractivity contribution in [1.82, 2.24) is 9.97 Å². The molecule has 6 nitrogen and oxygen atoms in total. The van der Waals surface area contributed by atoms with Gasteiger partial charge in [-0.2, -0.15) is 0 Å². The monoisotopic (exact) mass is 473 g/mol. The lowest BCUT2D eigenvalue weighted by Gasteiger charge is -2.09. The first-order valence-electron chi connectivity index (χ1n) is 10.1. The maximum atomic E-state index is 12.8. The van der Waals surface area contributed by atoms with Crippen molar-refractivity contribution in [3.05, 3.63) is 96.4 Å². The van der Waals surface area contributed by atoms with Gasteiger partial charge in [0.15, 0.2) is 5.89 Å². The van der Waals surface area contributed by atoms with Crippen molar-refractivity contribution < 1.29 is 12.8 Å². The van der Waals surface area contributed by atoms with Crippen LogP contribution in [0.2, 0.25) is 0 Å². The third kappa shape index (κ3) is 4.57.